The number of unbranched alkanes of at least 4 members (excludes halogenated alkanes) is 1. The fourth-order valence-corrected chi connectivity index (χ4v) is 4.97. The molecule has 0 saturated heterocycles. The number of halogens is 4. The van der Waals surface area contributed by atoms with E-state index < -0.39 is 11.7 Å². The number of carbonyl (C=O) groups is 1. The average molecular weight is 665 g/mol. The van der Waals surface area contributed by atoms with Gasteiger partial charge in [0, 0.05) is 27.2 Å². The Labute approximate surface area is 239 Å². The van der Waals surface area contributed by atoms with Crippen molar-refractivity contribution in [3.8, 4) is 5.75 Å². The lowest BCUT2D eigenvalue weighted by Crippen LogP contribution is -2.23. The Morgan fingerprint density at radius 3 is 2.79 bits per heavy atom. The minimum atomic E-state index is -0.484. The van der Waals surface area contributed by atoms with Crippen LogP contribution < -0.4 is 15.6 Å². The number of nitrogens with one attached hydrogen (secondary N) is 1. The Morgan fingerprint density at radius 1 is 1.21 bits per heavy atom. The number of aryl methyl sites for hydroxylation is 1. The maximum Gasteiger partial charge on any atom is 0.282 e. The smallest absolute Gasteiger partial charge is 0.282 e. The Balaban J connectivity index is 1.65. The molecule has 7 nitrogen and oxygen atoms in total. The van der Waals surface area contributed by atoms with Gasteiger partial charge in [0.15, 0.2) is 6.61 Å². The number of carbonyl (C=O) groups excluding carboxylic acids is 1. The second kappa shape index (κ2) is 12.6. The zero-order chi connectivity index (χ0) is 27.2. The summed E-state index contributed by atoms with van der Waals surface area (Å²) in [6, 6.07) is 14.1. The summed E-state index contributed by atoms with van der Waals surface area (Å²) in [4.78, 5) is 30.4. The van der Waals surface area contributed by atoms with Crippen molar-refractivity contribution >= 4 is 72.2 Å². The van der Waals surface area contributed by atoms with Crippen LogP contribution in [0.4, 0.5) is 10.1 Å². The van der Waals surface area contributed by atoms with Crippen LogP contribution >= 0.6 is 43.5 Å². The summed E-state index contributed by atoms with van der Waals surface area (Å²) in [6.45, 7) is 1.70. The Kier molecular flexibility index (Phi) is 9.30. The maximum absolute atomic E-state index is 13.4. The van der Waals surface area contributed by atoms with Crippen LogP contribution in [-0.2, 0) is 11.2 Å². The molecule has 0 aliphatic heterocycles. The SMILES string of the molecule is CCCCc1nc2ccc(Br)cc2c(=O)n1N=Cc1cc(Cl)cc(Br)c1OCC(=O)Nc1cccc(F)c1. The predicted molar refractivity (Wildman–Crippen MR) is 155 cm³/mol. The molecule has 0 radical (unpaired) electrons. The van der Waals surface area contributed by atoms with Crippen molar-refractivity contribution in [2.24, 2.45) is 5.10 Å². The van der Waals surface area contributed by atoms with Crippen LogP contribution in [0, 0.1) is 5.82 Å². The molecule has 0 bridgehead atoms. The van der Waals surface area contributed by atoms with Gasteiger partial charge in [0.05, 0.1) is 21.6 Å². The Hall–Kier alpha value is -3.08. The number of hydrogen-bond donors (Lipinski definition) is 1. The lowest BCUT2D eigenvalue weighted by molar-refractivity contribution is -0.118. The van der Waals surface area contributed by atoms with Crippen LogP contribution in [0.1, 0.15) is 31.2 Å². The third-order valence-corrected chi connectivity index (χ3v) is 6.74. The normalized spacial score (nSPS) is 11.3. The third-order valence-electron chi connectivity index (χ3n) is 5.43. The zero-order valence-corrected chi connectivity index (χ0v) is 24.1. The van der Waals surface area contributed by atoms with E-state index in [4.69, 9.17) is 16.3 Å². The lowest BCUT2D eigenvalue weighted by atomic mass is 10.2. The van der Waals surface area contributed by atoms with Crippen molar-refractivity contribution in [2.75, 3.05) is 11.9 Å². The molecular formula is C27H22Br2ClFN4O3. The van der Waals surface area contributed by atoms with E-state index in [9.17, 15) is 14.0 Å². The van der Waals surface area contributed by atoms with Gasteiger partial charge in [-0.1, -0.05) is 46.9 Å². The number of benzene rings is 3. The molecule has 1 aromatic heterocycles. The fraction of sp³-hybridized carbons (Fsp3) is 0.185. The van der Waals surface area contributed by atoms with Crippen molar-refractivity contribution in [3.05, 3.63) is 96.1 Å². The van der Waals surface area contributed by atoms with E-state index in [1.807, 2.05) is 6.07 Å². The monoisotopic (exact) mass is 662 g/mol. The van der Waals surface area contributed by atoms with E-state index in [0.717, 1.165) is 17.3 Å². The van der Waals surface area contributed by atoms with Gasteiger partial charge in [-0.25, -0.2) is 9.37 Å². The number of aromatic nitrogens is 2. The summed E-state index contributed by atoms with van der Waals surface area (Å²) in [5.41, 5.74) is 1.03. The fourth-order valence-electron chi connectivity index (χ4n) is 3.66. The summed E-state index contributed by atoms with van der Waals surface area (Å²) in [5.74, 6) is -0.123. The first-order chi connectivity index (χ1) is 18.2. The molecule has 1 N–H and O–H groups in total. The molecule has 0 saturated carbocycles. The maximum atomic E-state index is 13.4. The summed E-state index contributed by atoms with van der Waals surface area (Å²) in [6.07, 6.45) is 3.77. The second-order valence-electron chi connectivity index (χ2n) is 8.31. The highest BCUT2D eigenvalue weighted by molar-refractivity contribution is 9.10. The number of hydrogen-bond acceptors (Lipinski definition) is 5. The molecule has 0 fully saturated rings. The molecule has 0 spiro atoms. The summed E-state index contributed by atoms with van der Waals surface area (Å²) in [7, 11) is 0. The van der Waals surface area contributed by atoms with Gasteiger partial charge in [-0.3, -0.25) is 9.59 Å². The van der Waals surface area contributed by atoms with Crippen LogP contribution in [0.2, 0.25) is 5.02 Å². The van der Waals surface area contributed by atoms with Gasteiger partial charge in [-0.2, -0.15) is 9.78 Å². The second-order valence-corrected chi connectivity index (χ2v) is 10.5. The summed E-state index contributed by atoms with van der Waals surface area (Å²) < 4.78 is 21.7. The number of ether oxygens (including phenoxy) is 1. The van der Waals surface area contributed by atoms with Crippen LogP contribution in [0.3, 0.4) is 0 Å². The summed E-state index contributed by atoms with van der Waals surface area (Å²) in [5, 5.41) is 7.86. The minimum Gasteiger partial charge on any atom is -0.482 e. The first-order valence-corrected chi connectivity index (χ1v) is 13.6. The highest BCUT2D eigenvalue weighted by Gasteiger charge is 2.14. The molecule has 0 unspecified atom stereocenters. The molecule has 0 aliphatic rings. The first-order valence-electron chi connectivity index (χ1n) is 11.7. The molecule has 1 heterocycles. The minimum absolute atomic E-state index is 0.298. The van der Waals surface area contributed by atoms with Gasteiger partial charge < -0.3 is 10.1 Å². The quantitative estimate of drug-likeness (QED) is 0.196. The number of nitrogens with zero attached hydrogens (tertiary/aromatic N) is 3. The van der Waals surface area contributed by atoms with E-state index >= 15 is 0 Å². The Bertz CT molecular complexity index is 1590. The number of anilines is 1. The molecule has 4 aromatic rings. The lowest BCUT2D eigenvalue weighted by Gasteiger charge is -2.13. The molecule has 38 heavy (non-hydrogen) atoms. The van der Waals surface area contributed by atoms with Crippen molar-refractivity contribution in [3.63, 3.8) is 0 Å². The number of fused-ring (bicyclic) bond motifs is 1. The van der Waals surface area contributed by atoms with Crippen molar-refractivity contribution in [1.82, 2.24) is 9.66 Å². The molecule has 0 aliphatic carbocycles. The van der Waals surface area contributed by atoms with Gasteiger partial charge in [0.25, 0.3) is 11.5 Å². The van der Waals surface area contributed by atoms with Crippen molar-refractivity contribution in [1.29, 1.82) is 0 Å². The van der Waals surface area contributed by atoms with E-state index in [2.05, 4.69) is 54.2 Å². The van der Waals surface area contributed by atoms with E-state index in [1.165, 1.54) is 29.1 Å². The largest absolute Gasteiger partial charge is 0.482 e. The van der Waals surface area contributed by atoms with Gasteiger partial charge in [0.1, 0.15) is 17.4 Å². The van der Waals surface area contributed by atoms with E-state index in [0.29, 0.717) is 49.6 Å². The van der Waals surface area contributed by atoms with E-state index in [-0.39, 0.29) is 12.2 Å². The zero-order valence-electron chi connectivity index (χ0n) is 20.2. The van der Waals surface area contributed by atoms with Gasteiger partial charge in [0.2, 0.25) is 0 Å². The molecule has 3 aromatic carbocycles. The van der Waals surface area contributed by atoms with E-state index in [1.54, 1.807) is 30.3 Å². The first kappa shape index (κ1) is 27.9. The standard InChI is InChI=1S/C27H22Br2ClFN4O3/c1-2-3-7-24-34-23-9-8-17(28)11-21(23)27(37)35(24)32-14-16-10-18(30)12-22(29)26(16)38-15-25(36)33-20-6-4-5-19(31)13-20/h4-6,8-14H,2-3,7,15H2,1H3,(H,33,36). The van der Waals surface area contributed by atoms with Crippen LogP contribution in [0.25, 0.3) is 10.9 Å². The molecule has 11 heteroatoms. The molecule has 4 rings (SSSR count). The van der Waals surface area contributed by atoms with Crippen LogP contribution in [0.15, 0.2) is 73.4 Å². The highest BCUT2D eigenvalue weighted by Crippen LogP contribution is 2.32. The van der Waals surface area contributed by atoms with Gasteiger partial charge in [-0.05, 0) is 70.9 Å². The molecule has 0 atom stereocenters. The molecule has 1 amide bonds. The summed E-state index contributed by atoms with van der Waals surface area (Å²) >= 11 is 13.1. The Morgan fingerprint density at radius 2 is 2.03 bits per heavy atom. The average Bonchev–Trinajstić information content (AvgIpc) is 2.86. The highest BCUT2D eigenvalue weighted by atomic mass is 79.9. The van der Waals surface area contributed by atoms with Crippen molar-refractivity contribution < 1.29 is 13.9 Å². The molecule has 196 valence electrons. The van der Waals surface area contributed by atoms with Crippen LogP contribution in [0.5, 0.6) is 5.75 Å². The predicted octanol–water partition coefficient (Wildman–Crippen LogP) is 6.96. The molecular weight excluding hydrogens is 643 g/mol. The van der Waals surface area contributed by atoms with Gasteiger partial charge in [-0.15, -0.1) is 0 Å². The third kappa shape index (κ3) is 6.86. The van der Waals surface area contributed by atoms with Gasteiger partial charge >= 0.3 is 0 Å². The number of amides is 1. The number of rotatable bonds is 9. The van der Waals surface area contributed by atoms with Crippen LogP contribution in [-0.4, -0.2) is 28.4 Å². The topological polar surface area (TPSA) is 85.6 Å². The van der Waals surface area contributed by atoms with Crippen molar-refractivity contribution in [2.45, 2.75) is 26.2 Å².